The lowest BCUT2D eigenvalue weighted by atomic mass is 10.3. The molecule has 1 aromatic heterocycles. The first kappa shape index (κ1) is 14.5. The third kappa shape index (κ3) is 4.74. The highest BCUT2D eigenvalue weighted by molar-refractivity contribution is 14.1. The van der Waals surface area contributed by atoms with Crippen molar-refractivity contribution >= 4 is 63.9 Å². The molecule has 0 amide bonds. The summed E-state index contributed by atoms with van der Waals surface area (Å²) in [5, 5.41) is 6.57. The average Bonchev–Trinajstić information content (AvgIpc) is 2.66. The Bertz CT molecular complexity index is 352. The first-order valence-electron chi connectivity index (χ1n) is 5.11. The van der Waals surface area contributed by atoms with Gasteiger partial charge in [0, 0.05) is 24.5 Å². The predicted molar refractivity (Wildman–Crippen MR) is 89.1 cm³/mol. The van der Waals surface area contributed by atoms with Crippen molar-refractivity contribution in [3.63, 3.8) is 0 Å². The smallest absolute Gasteiger partial charge is 0.191 e. The summed E-state index contributed by atoms with van der Waals surface area (Å²) in [6.45, 7) is 2.96. The third-order valence-electron chi connectivity index (χ3n) is 2.19. The van der Waals surface area contributed by atoms with Crippen LogP contribution in [0.5, 0.6) is 0 Å². The van der Waals surface area contributed by atoms with Crippen molar-refractivity contribution in [1.29, 1.82) is 0 Å². The van der Waals surface area contributed by atoms with Gasteiger partial charge in [0.25, 0.3) is 0 Å². The molecule has 0 spiro atoms. The fraction of sp³-hybridized carbons (Fsp3) is 0.500. The predicted octanol–water partition coefficient (Wildman–Crippen LogP) is 2.45. The second kappa shape index (κ2) is 7.70. The van der Waals surface area contributed by atoms with E-state index in [1.54, 1.807) is 0 Å². The maximum Gasteiger partial charge on any atom is 0.191 e. The van der Waals surface area contributed by atoms with Gasteiger partial charge in [-0.25, -0.2) is 0 Å². The fourth-order valence-electron chi connectivity index (χ4n) is 1.44. The van der Waals surface area contributed by atoms with Crippen LogP contribution >= 0.6 is 57.9 Å². The van der Waals surface area contributed by atoms with Gasteiger partial charge in [-0.2, -0.15) is 0 Å². The topological polar surface area (TPSA) is 36.4 Å². The Morgan fingerprint density at radius 2 is 2.38 bits per heavy atom. The van der Waals surface area contributed by atoms with Crippen molar-refractivity contribution in [3.05, 3.63) is 19.9 Å². The van der Waals surface area contributed by atoms with Crippen molar-refractivity contribution in [3.8, 4) is 0 Å². The molecule has 1 aliphatic rings. The van der Waals surface area contributed by atoms with E-state index in [9.17, 15) is 0 Å². The van der Waals surface area contributed by atoms with E-state index in [1.165, 1.54) is 7.76 Å². The van der Waals surface area contributed by atoms with Crippen molar-refractivity contribution in [2.75, 3.05) is 19.6 Å². The van der Waals surface area contributed by atoms with Crippen molar-refractivity contribution in [2.24, 2.45) is 4.99 Å². The maximum absolute atomic E-state index is 4.36. The zero-order valence-corrected chi connectivity index (χ0v) is 14.1. The number of thiophene rings is 1. The van der Waals surface area contributed by atoms with Gasteiger partial charge in [0.2, 0.25) is 0 Å². The van der Waals surface area contributed by atoms with Gasteiger partial charge < -0.3 is 10.6 Å². The van der Waals surface area contributed by atoms with Gasteiger partial charge in [-0.1, -0.05) is 0 Å². The second-order valence-corrected chi connectivity index (χ2v) is 6.46. The van der Waals surface area contributed by atoms with Crippen molar-refractivity contribution in [1.82, 2.24) is 10.6 Å². The molecule has 2 rings (SSSR count). The van der Waals surface area contributed by atoms with Gasteiger partial charge in [-0.05, 0) is 47.6 Å². The molecular formula is C10H15I2N3S. The van der Waals surface area contributed by atoms with E-state index in [0.29, 0.717) is 0 Å². The van der Waals surface area contributed by atoms with Gasteiger partial charge in [0.15, 0.2) is 5.96 Å². The molecule has 0 saturated heterocycles. The molecule has 2 N–H and O–H groups in total. The zero-order valence-electron chi connectivity index (χ0n) is 8.83. The number of guanidine groups is 1. The first-order chi connectivity index (χ1) is 7.34. The fourth-order valence-corrected chi connectivity index (χ4v) is 3.20. The van der Waals surface area contributed by atoms with Gasteiger partial charge >= 0.3 is 0 Å². The van der Waals surface area contributed by atoms with Crippen LogP contribution < -0.4 is 10.6 Å². The van der Waals surface area contributed by atoms with E-state index in [1.807, 2.05) is 11.3 Å². The molecule has 90 valence electrons. The Morgan fingerprint density at radius 1 is 1.50 bits per heavy atom. The minimum absolute atomic E-state index is 0. The average molecular weight is 463 g/mol. The number of nitrogens with zero attached hydrogens (tertiary/aromatic N) is 1. The van der Waals surface area contributed by atoms with Crippen LogP contribution in [0.25, 0.3) is 0 Å². The van der Waals surface area contributed by atoms with E-state index in [0.717, 1.165) is 38.4 Å². The number of rotatable bonds is 3. The van der Waals surface area contributed by atoms with Crippen LogP contribution in [0.3, 0.4) is 0 Å². The first-order valence-corrected chi connectivity index (χ1v) is 7.00. The summed E-state index contributed by atoms with van der Waals surface area (Å²) in [4.78, 5) is 5.80. The van der Waals surface area contributed by atoms with Crippen LogP contribution in [0.4, 0.5) is 0 Å². The Morgan fingerprint density at radius 3 is 3.00 bits per heavy atom. The number of hydrogen-bond donors (Lipinski definition) is 2. The summed E-state index contributed by atoms with van der Waals surface area (Å²) in [6, 6.07) is 4.36. The molecule has 16 heavy (non-hydrogen) atoms. The standard InChI is InChI=1S/C10H14IN3S.HI/c11-9-3-2-8(15-9)4-7-14-10-12-5-1-6-13-10;/h2-3H,1,4-7H2,(H2,12,13,14);1H. The zero-order chi connectivity index (χ0) is 10.5. The molecule has 3 nitrogen and oxygen atoms in total. The molecule has 0 fully saturated rings. The summed E-state index contributed by atoms with van der Waals surface area (Å²) in [5.74, 6) is 0.965. The molecule has 0 saturated carbocycles. The molecular weight excluding hydrogens is 448 g/mol. The monoisotopic (exact) mass is 463 g/mol. The third-order valence-corrected chi connectivity index (χ3v) is 4.14. The lowest BCUT2D eigenvalue weighted by Gasteiger charge is -2.15. The van der Waals surface area contributed by atoms with E-state index >= 15 is 0 Å². The molecule has 0 aromatic carbocycles. The summed E-state index contributed by atoms with van der Waals surface area (Å²) in [6.07, 6.45) is 2.22. The highest BCUT2D eigenvalue weighted by atomic mass is 127. The molecule has 0 atom stereocenters. The van der Waals surface area contributed by atoms with E-state index < -0.39 is 0 Å². The molecule has 0 unspecified atom stereocenters. The minimum atomic E-state index is 0. The molecule has 0 aliphatic carbocycles. The van der Waals surface area contributed by atoms with Gasteiger partial charge in [-0.3, -0.25) is 4.99 Å². The van der Waals surface area contributed by atoms with Crippen LogP contribution in [0.15, 0.2) is 17.1 Å². The number of nitrogens with one attached hydrogen (secondary N) is 2. The Balaban J connectivity index is 0.00000128. The van der Waals surface area contributed by atoms with E-state index in [-0.39, 0.29) is 24.0 Å². The minimum Gasteiger partial charge on any atom is -0.356 e. The number of hydrogen-bond acceptors (Lipinski definition) is 4. The SMILES string of the molecule is I.Ic1ccc(CCNC2=NCCCN2)s1. The Labute approximate surface area is 131 Å². The molecule has 0 bridgehead atoms. The highest BCUT2D eigenvalue weighted by Crippen LogP contribution is 2.18. The van der Waals surface area contributed by atoms with E-state index in [2.05, 4.69) is 50.3 Å². The van der Waals surface area contributed by atoms with Gasteiger partial charge in [0.1, 0.15) is 0 Å². The Hall–Kier alpha value is 0.430. The van der Waals surface area contributed by atoms with Crippen molar-refractivity contribution < 1.29 is 0 Å². The molecule has 1 aliphatic heterocycles. The largest absolute Gasteiger partial charge is 0.356 e. The summed E-state index contributed by atoms with van der Waals surface area (Å²) < 4.78 is 1.36. The van der Waals surface area contributed by atoms with Crippen molar-refractivity contribution in [2.45, 2.75) is 12.8 Å². The van der Waals surface area contributed by atoms with Gasteiger partial charge in [-0.15, -0.1) is 35.3 Å². The molecule has 1 aromatic rings. The normalized spacial score (nSPS) is 14.7. The van der Waals surface area contributed by atoms with Crippen LogP contribution in [-0.4, -0.2) is 25.6 Å². The number of halogens is 2. The van der Waals surface area contributed by atoms with Crippen LogP contribution in [0.2, 0.25) is 0 Å². The van der Waals surface area contributed by atoms with E-state index in [4.69, 9.17) is 0 Å². The Kier molecular flexibility index (Phi) is 6.97. The second-order valence-electron chi connectivity index (χ2n) is 3.39. The highest BCUT2D eigenvalue weighted by Gasteiger charge is 2.03. The lowest BCUT2D eigenvalue weighted by Crippen LogP contribution is -2.41. The van der Waals surface area contributed by atoms with Crippen LogP contribution in [0.1, 0.15) is 11.3 Å². The molecule has 6 heteroatoms. The summed E-state index contributed by atoms with van der Waals surface area (Å²) >= 11 is 4.22. The van der Waals surface area contributed by atoms with Gasteiger partial charge in [0.05, 0.1) is 2.88 Å². The van der Waals surface area contributed by atoms with Crippen LogP contribution in [0, 0.1) is 2.88 Å². The summed E-state index contributed by atoms with van der Waals surface area (Å²) in [5.41, 5.74) is 0. The maximum atomic E-state index is 4.36. The molecule has 2 heterocycles. The molecule has 0 radical (unpaired) electrons. The summed E-state index contributed by atoms with van der Waals surface area (Å²) in [7, 11) is 0. The van der Waals surface area contributed by atoms with Crippen LogP contribution in [-0.2, 0) is 6.42 Å². The quantitative estimate of drug-likeness (QED) is 0.677. The number of aliphatic imine (C=N–C) groups is 1. The lowest BCUT2D eigenvalue weighted by molar-refractivity contribution is 0.701.